The number of hydrogen-bond acceptors (Lipinski definition) is 2. The Morgan fingerprint density at radius 2 is 2.00 bits per heavy atom. The van der Waals surface area contributed by atoms with Crippen LogP contribution in [0, 0.1) is 19.8 Å². The summed E-state index contributed by atoms with van der Waals surface area (Å²) in [5.41, 5.74) is 10.4. The van der Waals surface area contributed by atoms with E-state index in [9.17, 15) is 4.79 Å². The Balaban J connectivity index is 2.45. The molecule has 0 amide bonds. The number of aryl methyl sites for hydroxylation is 2. The van der Waals surface area contributed by atoms with E-state index in [1.807, 2.05) is 19.9 Å². The molecule has 0 radical (unpaired) electrons. The summed E-state index contributed by atoms with van der Waals surface area (Å²) in [5, 5.41) is 9.01. The lowest BCUT2D eigenvalue weighted by molar-refractivity contribution is -0.142. The number of aliphatic carboxylic acids is 1. The summed E-state index contributed by atoms with van der Waals surface area (Å²) in [5.74, 6) is -1.25. The average molecular weight is 205 g/mol. The molecule has 3 heteroatoms. The molecule has 0 saturated heterocycles. The Kier molecular flexibility index (Phi) is 2.27. The van der Waals surface area contributed by atoms with E-state index < -0.39 is 11.9 Å². The van der Waals surface area contributed by atoms with E-state index in [0.717, 1.165) is 11.1 Å². The fourth-order valence-electron chi connectivity index (χ4n) is 2.21. The summed E-state index contributed by atoms with van der Waals surface area (Å²) >= 11 is 0. The second kappa shape index (κ2) is 3.35. The van der Waals surface area contributed by atoms with Crippen LogP contribution in [0.4, 0.5) is 0 Å². The minimum Gasteiger partial charge on any atom is -0.481 e. The largest absolute Gasteiger partial charge is 0.481 e. The van der Waals surface area contributed by atoms with E-state index in [2.05, 4.69) is 6.07 Å². The highest BCUT2D eigenvalue weighted by Gasteiger charge is 2.34. The summed E-state index contributed by atoms with van der Waals surface area (Å²) in [4.78, 5) is 11.0. The lowest BCUT2D eigenvalue weighted by atomic mass is 10.00. The predicted octanol–water partition coefficient (Wildman–Crippen LogP) is 1.56. The molecule has 1 aromatic carbocycles. The Morgan fingerprint density at radius 1 is 1.40 bits per heavy atom. The average Bonchev–Trinajstić information content (AvgIpc) is 2.46. The summed E-state index contributed by atoms with van der Waals surface area (Å²) in [6.07, 6.45) is 0.562. The number of fused-ring (bicyclic) bond motifs is 1. The van der Waals surface area contributed by atoms with Gasteiger partial charge in [-0.3, -0.25) is 4.79 Å². The van der Waals surface area contributed by atoms with Crippen LogP contribution in [-0.2, 0) is 11.2 Å². The van der Waals surface area contributed by atoms with Gasteiger partial charge >= 0.3 is 5.97 Å². The van der Waals surface area contributed by atoms with Crippen molar-refractivity contribution < 1.29 is 9.90 Å². The standard InChI is InChI=1S/C12H15NO2/c1-6-3-8-5-10(12(14)15)11(13)9(8)4-7(6)2/h3-4,10-11H,5,13H2,1-2H3,(H,14,15). The van der Waals surface area contributed by atoms with Crippen molar-refractivity contribution in [3.05, 3.63) is 34.4 Å². The SMILES string of the molecule is Cc1cc2c(cc1C)C(N)C(C(=O)O)C2. The van der Waals surface area contributed by atoms with Gasteiger partial charge in [0.05, 0.1) is 5.92 Å². The number of nitrogens with two attached hydrogens (primary N) is 1. The lowest BCUT2D eigenvalue weighted by Crippen LogP contribution is -2.24. The third-order valence-electron chi connectivity index (χ3n) is 3.31. The molecule has 0 heterocycles. The van der Waals surface area contributed by atoms with Gasteiger partial charge in [-0.2, -0.15) is 0 Å². The van der Waals surface area contributed by atoms with Gasteiger partial charge in [-0.1, -0.05) is 12.1 Å². The third-order valence-corrected chi connectivity index (χ3v) is 3.31. The van der Waals surface area contributed by atoms with Gasteiger partial charge < -0.3 is 10.8 Å². The molecule has 15 heavy (non-hydrogen) atoms. The van der Waals surface area contributed by atoms with E-state index in [4.69, 9.17) is 10.8 Å². The minimum atomic E-state index is -0.797. The van der Waals surface area contributed by atoms with Crippen molar-refractivity contribution >= 4 is 5.97 Å². The van der Waals surface area contributed by atoms with Crippen molar-refractivity contribution in [1.82, 2.24) is 0 Å². The summed E-state index contributed by atoms with van der Waals surface area (Å²) in [7, 11) is 0. The summed E-state index contributed by atoms with van der Waals surface area (Å²) in [6, 6.07) is 3.74. The molecule has 3 N–H and O–H groups in total. The van der Waals surface area contributed by atoms with Gasteiger partial charge in [0.15, 0.2) is 0 Å². The van der Waals surface area contributed by atoms with Gasteiger partial charge in [-0.05, 0) is 42.5 Å². The molecular weight excluding hydrogens is 190 g/mol. The van der Waals surface area contributed by atoms with Gasteiger partial charge in [0.2, 0.25) is 0 Å². The van der Waals surface area contributed by atoms with Gasteiger partial charge in [0.25, 0.3) is 0 Å². The molecule has 0 saturated carbocycles. The van der Waals surface area contributed by atoms with E-state index in [1.54, 1.807) is 0 Å². The molecule has 2 unspecified atom stereocenters. The van der Waals surface area contributed by atoms with E-state index in [0.29, 0.717) is 6.42 Å². The Bertz CT molecular complexity index is 426. The predicted molar refractivity (Wildman–Crippen MR) is 57.7 cm³/mol. The lowest BCUT2D eigenvalue weighted by Gasteiger charge is -2.11. The van der Waals surface area contributed by atoms with Crippen molar-refractivity contribution in [2.45, 2.75) is 26.3 Å². The Labute approximate surface area is 88.9 Å². The van der Waals surface area contributed by atoms with Crippen LogP contribution in [0.5, 0.6) is 0 Å². The zero-order chi connectivity index (χ0) is 11.2. The second-order valence-electron chi connectivity index (χ2n) is 4.31. The molecule has 1 aliphatic carbocycles. The van der Waals surface area contributed by atoms with Crippen molar-refractivity contribution in [1.29, 1.82) is 0 Å². The number of rotatable bonds is 1. The third kappa shape index (κ3) is 1.53. The van der Waals surface area contributed by atoms with Crippen LogP contribution < -0.4 is 5.73 Å². The van der Waals surface area contributed by atoms with Crippen LogP contribution in [0.2, 0.25) is 0 Å². The first-order valence-corrected chi connectivity index (χ1v) is 5.09. The molecule has 1 aliphatic rings. The van der Waals surface area contributed by atoms with Crippen molar-refractivity contribution in [3.8, 4) is 0 Å². The number of hydrogen-bond donors (Lipinski definition) is 2. The molecule has 0 fully saturated rings. The zero-order valence-corrected chi connectivity index (χ0v) is 8.95. The maximum Gasteiger partial charge on any atom is 0.308 e. The molecule has 2 atom stereocenters. The fourth-order valence-corrected chi connectivity index (χ4v) is 2.21. The second-order valence-corrected chi connectivity index (χ2v) is 4.31. The van der Waals surface area contributed by atoms with Crippen molar-refractivity contribution in [2.24, 2.45) is 11.7 Å². The summed E-state index contributed by atoms with van der Waals surface area (Å²) in [6.45, 7) is 4.06. The van der Waals surface area contributed by atoms with Crippen LogP contribution in [0.3, 0.4) is 0 Å². The first-order chi connectivity index (χ1) is 7.00. The van der Waals surface area contributed by atoms with E-state index >= 15 is 0 Å². The van der Waals surface area contributed by atoms with E-state index in [-0.39, 0.29) is 6.04 Å². The highest BCUT2D eigenvalue weighted by molar-refractivity contribution is 5.73. The molecule has 3 nitrogen and oxygen atoms in total. The Morgan fingerprint density at radius 3 is 2.60 bits per heavy atom. The number of carboxylic acid groups (broad SMARTS) is 1. The first kappa shape index (κ1) is 10.2. The van der Waals surface area contributed by atoms with Gasteiger partial charge in [0, 0.05) is 6.04 Å². The smallest absolute Gasteiger partial charge is 0.308 e. The van der Waals surface area contributed by atoms with Crippen LogP contribution in [-0.4, -0.2) is 11.1 Å². The van der Waals surface area contributed by atoms with E-state index in [1.165, 1.54) is 11.1 Å². The van der Waals surface area contributed by atoms with Gasteiger partial charge in [-0.15, -0.1) is 0 Å². The zero-order valence-electron chi connectivity index (χ0n) is 8.95. The van der Waals surface area contributed by atoms with Crippen molar-refractivity contribution in [2.75, 3.05) is 0 Å². The number of carboxylic acids is 1. The maximum absolute atomic E-state index is 11.0. The summed E-state index contributed by atoms with van der Waals surface area (Å²) < 4.78 is 0. The molecule has 0 aromatic heterocycles. The molecule has 80 valence electrons. The van der Waals surface area contributed by atoms with Crippen LogP contribution in [0.15, 0.2) is 12.1 Å². The molecule has 0 bridgehead atoms. The normalized spacial score (nSPS) is 23.9. The van der Waals surface area contributed by atoms with Gasteiger partial charge in [-0.25, -0.2) is 0 Å². The molecule has 1 aromatic rings. The topological polar surface area (TPSA) is 63.3 Å². The quantitative estimate of drug-likeness (QED) is 0.731. The molecule has 0 aliphatic heterocycles. The fraction of sp³-hybridized carbons (Fsp3) is 0.417. The van der Waals surface area contributed by atoms with Crippen LogP contribution >= 0.6 is 0 Å². The first-order valence-electron chi connectivity index (χ1n) is 5.09. The van der Waals surface area contributed by atoms with Crippen LogP contribution in [0.25, 0.3) is 0 Å². The maximum atomic E-state index is 11.0. The molecule has 2 rings (SSSR count). The minimum absolute atomic E-state index is 0.350. The van der Waals surface area contributed by atoms with Gasteiger partial charge in [0.1, 0.15) is 0 Å². The highest BCUT2D eigenvalue weighted by Crippen LogP contribution is 2.35. The Hall–Kier alpha value is -1.35. The molecule has 0 spiro atoms. The van der Waals surface area contributed by atoms with Crippen molar-refractivity contribution in [3.63, 3.8) is 0 Å². The van der Waals surface area contributed by atoms with Crippen LogP contribution in [0.1, 0.15) is 28.3 Å². The number of benzene rings is 1. The number of carbonyl (C=O) groups is 1. The highest BCUT2D eigenvalue weighted by atomic mass is 16.4. The molecular formula is C12H15NO2. The monoisotopic (exact) mass is 205 g/mol.